The number of hydrogen-bond donors (Lipinski definition) is 0. The average Bonchev–Trinajstić information content (AvgIpc) is 3.47. The van der Waals surface area contributed by atoms with Crippen LogP contribution in [0.4, 0.5) is 0 Å². The fourth-order valence-electron chi connectivity index (χ4n) is 5.13. The molecular weight excluding hydrogens is 476 g/mol. The predicted octanol–water partition coefficient (Wildman–Crippen LogP) is 5.80. The summed E-state index contributed by atoms with van der Waals surface area (Å²) in [5, 5.41) is 0. The molecular formula is C32H32N2O4. The average molecular weight is 509 g/mol. The third-order valence-electron chi connectivity index (χ3n) is 7.00. The Morgan fingerprint density at radius 2 is 1.84 bits per heavy atom. The molecule has 6 nitrogen and oxygen atoms in total. The maximum Gasteiger partial charge on any atom is 0.290 e. The first-order valence-electron chi connectivity index (χ1n) is 12.9. The van der Waals surface area contributed by atoms with Crippen molar-refractivity contribution in [1.82, 2.24) is 9.80 Å². The first-order chi connectivity index (χ1) is 18.4. The first kappa shape index (κ1) is 25.3. The van der Waals surface area contributed by atoms with Gasteiger partial charge >= 0.3 is 0 Å². The molecule has 2 heterocycles. The topological polar surface area (TPSA) is 63.0 Å². The Morgan fingerprint density at radius 1 is 1.03 bits per heavy atom. The van der Waals surface area contributed by atoms with Crippen LogP contribution in [-0.4, -0.2) is 41.3 Å². The van der Waals surface area contributed by atoms with E-state index in [-0.39, 0.29) is 17.9 Å². The number of ether oxygens (including phenoxy) is 1. The number of hydrogen-bond acceptors (Lipinski definition) is 4. The second-order valence-corrected chi connectivity index (χ2v) is 9.84. The van der Waals surface area contributed by atoms with Crippen LogP contribution in [0.15, 0.2) is 95.6 Å². The van der Waals surface area contributed by atoms with E-state index in [4.69, 9.17) is 9.15 Å². The summed E-state index contributed by atoms with van der Waals surface area (Å²) < 4.78 is 11.6. The van der Waals surface area contributed by atoms with Gasteiger partial charge in [0.25, 0.3) is 11.8 Å². The van der Waals surface area contributed by atoms with E-state index in [1.807, 2.05) is 78.6 Å². The third kappa shape index (κ3) is 5.35. The van der Waals surface area contributed by atoms with Crippen LogP contribution in [0.1, 0.15) is 51.3 Å². The molecule has 0 saturated carbocycles. The Balaban J connectivity index is 1.42. The molecule has 0 aliphatic carbocycles. The van der Waals surface area contributed by atoms with E-state index in [0.717, 1.165) is 34.2 Å². The Morgan fingerprint density at radius 3 is 2.58 bits per heavy atom. The smallest absolute Gasteiger partial charge is 0.290 e. The molecule has 0 bridgehead atoms. The van der Waals surface area contributed by atoms with E-state index in [1.165, 1.54) is 6.26 Å². The van der Waals surface area contributed by atoms with Gasteiger partial charge in [0.1, 0.15) is 5.75 Å². The van der Waals surface area contributed by atoms with Crippen molar-refractivity contribution in [3.05, 3.63) is 125 Å². The number of nitrogens with zero attached hydrogens (tertiary/aromatic N) is 2. The minimum Gasteiger partial charge on any atom is -0.481 e. The molecule has 0 fully saturated rings. The summed E-state index contributed by atoms with van der Waals surface area (Å²) in [6, 6.07) is 27.2. The normalized spacial score (nSPS) is 15.4. The summed E-state index contributed by atoms with van der Waals surface area (Å²) in [6.45, 7) is 4.90. The van der Waals surface area contributed by atoms with Crippen molar-refractivity contribution in [3.63, 3.8) is 0 Å². The highest BCUT2D eigenvalue weighted by Crippen LogP contribution is 2.38. The summed E-state index contributed by atoms with van der Waals surface area (Å²) in [6.07, 6.45) is 1.58. The van der Waals surface area contributed by atoms with Crippen molar-refractivity contribution in [2.24, 2.45) is 0 Å². The van der Waals surface area contributed by atoms with Crippen molar-refractivity contribution in [2.45, 2.75) is 39.0 Å². The fourth-order valence-corrected chi connectivity index (χ4v) is 5.13. The molecule has 4 aromatic rings. The number of fused-ring (bicyclic) bond motifs is 1. The molecule has 2 atom stereocenters. The Hall–Kier alpha value is -4.32. The maximum atomic E-state index is 13.5. The molecule has 0 radical (unpaired) electrons. The lowest BCUT2D eigenvalue weighted by atomic mass is 9.87. The van der Waals surface area contributed by atoms with Gasteiger partial charge in [-0.2, -0.15) is 0 Å². The van der Waals surface area contributed by atoms with Crippen molar-refractivity contribution in [1.29, 1.82) is 0 Å². The zero-order valence-electron chi connectivity index (χ0n) is 22.0. The summed E-state index contributed by atoms with van der Waals surface area (Å²) >= 11 is 0. The molecule has 0 unspecified atom stereocenters. The van der Waals surface area contributed by atoms with Crippen LogP contribution in [-0.2, 0) is 17.8 Å². The van der Waals surface area contributed by atoms with Crippen molar-refractivity contribution >= 4 is 11.8 Å². The van der Waals surface area contributed by atoms with E-state index < -0.39 is 6.10 Å². The van der Waals surface area contributed by atoms with E-state index in [2.05, 4.69) is 6.07 Å². The highest BCUT2D eigenvalue weighted by molar-refractivity contribution is 5.92. The second kappa shape index (κ2) is 11.0. The van der Waals surface area contributed by atoms with Crippen molar-refractivity contribution in [3.8, 4) is 5.75 Å². The number of carbonyl (C=O) groups is 2. The summed E-state index contributed by atoms with van der Waals surface area (Å²) in [4.78, 5) is 30.1. The molecule has 0 spiro atoms. The molecule has 5 rings (SSSR count). The third-order valence-corrected chi connectivity index (χ3v) is 7.00. The van der Waals surface area contributed by atoms with Gasteiger partial charge in [-0.05, 0) is 66.8 Å². The van der Waals surface area contributed by atoms with Gasteiger partial charge < -0.3 is 19.0 Å². The predicted molar refractivity (Wildman–Crippen MR) is 146 cm³/mol. The molecule has 38 heavy (non-hydrogen) atoms. The standard InChI is InChI=1S/C32H32N2O4/c1-22-9-7-12-26(19-22)30-28-20-27(38-23(2)31(35)33(3)21-24-10-5-4-6-11-24)15-14-25(28)16-17-34(30)32(36)29-13-8-18-37-29/h4-15,18-20,23,30H,16-17,21H2,1-3H3/t23-,30+/m0/s1. The molecule has 3 aromatic carbocycles. The molecule has 1 aliphatic heterocycles. The van der Waals surface area contributed by atoms with E-state index in [9.17, 15) is 9.59 Å². The molecule has 0 saturated heterocycles. The van der Waals surface area contributed by atoms with Gasteiger partial charge in [-0.15, -0.1) is 0 Å². The zero-order valence-corrected chi connectivity index (χ0v) is 22.0. The summed E-state index contributed by atoms with van der Waals surface area (Å²) in [5.74, 6) is 0.669. The molecule has 6 heteroatoms. The van der Waals surface area contributed by atoms with Crippen molar-refractivity contribution in [2.75, 3.05) is 13.6 Å². The Bertz CT molecular complexity index is 1410. The van der Waals surface area contributed by atoms with Crippen LogP contribution in [0.5, 0.6) is 5.75 Å². The van der Waals surface area contributed by atoms with Gasteiger partial charge in [-0.3, -0.25) is 9.59 Å². The lowest BCUT2D eigenvalue weighted by Gasteiger charge is -2.37. The van der Waals surface area contributed by atoms with Gasteiger partial charge in [-0.25, -0.2) is 0 Å². The summed E-state index contributed by atoms with van der Waals surface area (Å²) in [5.41, 5.74) is 5.36. The van der Waals surface area contributed by atoms with Gasteiger partial charge in [0.05, 0.1) is 12.3 Å². The number of furan rings is 1. The molecule has 1 aromatic heterocycles. The lowest BCUT2D eigenvalue weighted by molar-refractivity contribution is -0.137. The van der Waals surface area contributed by atoms with Crippen LogP contribution in [0.2, 0.25) is 0 Å². The molecule has 1 aliphatic rings. The van der Waals surface area contributed by atoms with E-state index in [1.54, 1.807) is 31.0 Å². The highest BCUT2D eigenvalue weighted by Gasteiger charge is 2.34. The van der Waals surface area contributed by atoms with Crippen LogP contribution in [0.3, 0.4) is 0 Å². The Kier molecular flexibility index (Phi) is 7.31. The second-order valence-electron chi connectivity index (χ2n) is 9.84. The fraction of sp³-hybridized carbons (Fsp3) is 0.250. The van der Waals surface area contributed by atoms with E-state index >= 15 is 0 Å². The van der Waals surface area contributed by atoms with Gasteiger partial charge in [0.15, 0.2) is 11.9 Å². The molecule has 194 valence electrons. The minimum absolute atomic E-state index is 0.101. The number of rotatable bonds is 7. The minimum atomic E-state index is -0.663. The zero-order chi connectivity index (χ0) is 26.6. The number of amides is 2. The SMILES string of the molecule is Cc1cccc([C@@H]2c3cc(O[C@@H](C)C(=O)N(C)Cc4ccccc4)ccc3CCN2C(=O)c2ccco2)c1. The van der Waals surface area contributed by atoms with Gasteiger partial charge in [-0.1, -0.05) is 66.2 Å². The highest BCUT2D eigenvalue weighted by atomic mass is 16.5. The van der Waals surface area contributed by atoms with Crippen LogP contribution in [0.25, 0.3) is 0 Å². The first-order valence-corrected chi connectivity index (χ1v) is 12.9. The molecule has 0 N–H and O–H groups in total. The van der Waals surface area contributed by atoms with Gasteiger partial charge in [0, 0.05) is 20.1 Å². The van der Waals surface area contributed by atoms with Crippen LogP contribution >= 0.6 is 0 Å². The van der Waals surface area contributed by atoms with Crippen molar-refractivity contribution < 1.29 is 18.7 Å². The van der Waals surface area contributed by atoms with E-state index in [0.29, 0.717) is 24.6 Å². The number of aryl methyl sites for hydroxylation is 1. The largest absolute Gasteiger partial charge is 0.481 e. The Labute approximate surface area is 223 Å². The van der Waals surface area contributed by atoms with Gasteiger partial charge in [0.2, 0.25) is 0 Å². The quantitative estimate of drug-likeness (QED) is 0.316. The van der Waals surface area contributed by atoms with Crippen LogP contribution in [0, 0.1) is 6.92 Å². The lowest BCUT2D eigenvalue weighted by Crippen LogP contribution is -2.40. The monoisotopic (exact) mass is 508 g/mol. The summed E-state index contributed by atoms with van der Waals surface area (Å²) in [7, 11) is 1.79. The number of benzene rings is 3. The van der Waals surface area contributed by atoms with Crippen LogP contribution < -0.4 is 4.74 Å². The maximum absolute atomic E-state index is 13.5. The number of carbonyl (C=O) groups excluding carboxylic acids is 2. The molecule has 2 amide bonds. The number of likely N-dealkylation sites (N-methyl/N-ethyl adjacent to an activating group) is 1.